The van der Waals surface area contributed by atoms with Gasteiger partial charge in [-0.15, -0.1) is 0 Å². The first kappa shape index (κ1) is 9.58. The molecule has 0 bridgehead atoms. The zero-order valence-electron chi connectivity index (χ0n) is 9.53. The number of fused-ring (bicyclic) bond motifs is 1. The van der Waals surface area contributed by atoms with Crippen molar-refractivity contribution in [1.82, 2.24) is 9.78 Å². The highest BCUT2D eigenvalue weighted by Gasteiger charge is 2.51. The van der Waals surface area contributed by atoms with E-state index in [1.54, 1.807) is 6.92 Å². The second kappa shape index (κ2) is 2.94. The molecule has 16 heavy (non-hydrogen) atoms. The molecule has 0 atom stereocenters. The third-order valence-corrected chi connectivity index (χ3v) is 3.64. The van der Waals surface area contributed by atoms with Crippen LogP contribution in [0.4, 0.5) is 0 Å². The van der Waals surface area contributed by atoms with E-state index < -0.39 is 0 Å². The van der Waals surface area contributed by atoms with Crippen LogP contribution in [0.1, 0.15) is 25.5 Å². The third kappa shape index (κ3) is 1.08. The van der Waals surface area contributed by atoms with Crippen LogP contribution in [0.5, 0.6) is 0 Å². The Morgan fingerprint density at radius 1 is 1.38 bits per heavy atom. The predicted octanol–water partition coefficient (Wildman–Crippen LogP) is 2.19. The number of hydrogen-bond donors (Lipinski definition) is 0. The number of para-hydroxylation sites is 1. The van der Waals surface area contributed by atoms with Gasteiger partial charge in [0, 0.05) is 12.4 Å². The van der Waals surface area contributed by atoms with E-state index in [9.17, 15) is 4.79 Å². The van der Waals surface area contributed by atoms with E-state index in [0.29, 0.717) is 0 Å². The van der Waals surface area contributed by atoms with Crippen molar-refractivity contribution in [3.8, 4) is 0 Å². The molecule has 0 spiro atoms. The summed E-state index contributed by atoms with van der Waals surface area (Å²) in [5, 5.41) is 5.66. The van der Waals surface area contributed by atoms with Gasteiger partial charge in [0.15, 0.2) is 0 Å². The molecule has 3 heteroatoms. The van der Waals surface area contributed by atoms with Crippen molar-refractivity contribution in [1.29, 1.82) is 0 Å². The summed E-state index contributed by atoms with van der Waals surface area (Å²) in [5.41, 5.74) is 1.80. The van der Waals surface area contributed by atoms with E-state index >= 15 is 0 Å². The summed E-state index contributed by atoms with van der Waals surface area (Å²) in [6.45, 7) is 1.68. The average Bonchev–Trinajstić information content (AvgIpc) is 3.01. The summed E-state index contributed by atoms with van der Waals surface area (Å²) in [7, 11) is 1.93. The topological polar surface area (TPSA) is 34.9 Å². The summed E-state index contributed by atoms with van der Waals surface area (Å²) in [5.74, 6) is 0.247. The lowest BCUT2D eigenvalue weighted by molar-refractivity contribution is -0.119. The van der Waals surface area contributed by atoms with Crippen LogP contribution in [0.2, 0.25) is 0 Å². The highest BCUT2D eigenvalue weighted by Crippen LogP contribution is 2.50. The molecule has 3 rings (SSSR count). The van der Waals surface area contributed by atoms with Crippen molar-refractivity contribution in [3.05, 3.63) is 30.0 Å². The van der Waals surface area contributed by atoms with Crippen molar-refractivity contribution in [2.75, 3.05) is 0 Å². The van der Waals surface area contributed by atoms with Gasteiger partial charge < -0.3 is 0 Å². The first-order valence-electron chi connectivity index (χ1n) is 5.58. The molecule has 82 valence electrons. The summed E-state index contributed by atoms with van der Waals surface area (Å²) in [4.78, 5) is 11.7. The van der Waals surface area contributed by atoms with Crippen LogP contribution >= 0.6 is 0 Å². The maximum Gasteiger partial charge on any atom is 0.142 e. The van der Waals surface area contributed by atoms with E-state index in [0.717, 1.165) is 29.4 Å². The minimum atomic E-state index is -0.277. The quantitative estimate of drug-likeness (QED) is 0.768. The van der Waals surface area contributed by atoms with Crippen molar-refractivity contribution < 1.29 is 4.79 Å². The van der Waals surface area contributed by atoms with Crippen LogP contribution in [-0.4, -0.2) is 15.6 Å². The standard InChI is InChI=1S/C13H14N2O/c1-9(16)13(7-8-13)12-10-5-3-4-6-11(10)15(2)14-12/h3-6H,7-8H2,1-2H3. The van der Waals surface area contributed by atoms with Gasteiger partial charge in [-0.3, -0.25) is 9.48 Å². The van der Waals surface area contributed by atoms with Crippen LogP contribution in [-0.2, 0) is 17.3 Å². The zero-order valence-corrected chi connectivity index (χ0v) is 9.53. The molecule has 0 saturated heterocycles. The summed E-state index contributed by atoms with van der Waals surface area (Å²) in [6, 6.07) is 8.10. The van der Waals surface area contributed by atoms with Crippen molar-refractivity contribution in [3.63, 3.8) is 0 Å². The fraction of sp³-hybridized carbons (Fsp3) is 0.385. The van der Waals surface area contributed by atoms with Gasteiger partial charge in [0.1, 0.15) is 5.78 Å². The molecule has 0 unspecified atom stereocenters. The van der Waals surface area contributed by atoms with Crippen molar-refractivity contribution in [2.24, 2.45) is 7.05 Å². The maximum absolute atomic E-state index is 11.7. The highest BCUT2D eigenvalue weighted by molar-refractivity contribution is 5.96. The molecule has 2 aromatic rings. The Kier molecular flexibility index (Phi) is 1.76. The minimum Gasteiger partial charge on any atom is -0.299 e. The number of nitrogens with zero attached hydrogens (tertiary/aromatic N) is 2. The molecule has 1 aromatic heterocycles. The fourth-order valence-corrected chi connectivity index (χ4v) is 2.45. The maximum atomic E-state index is 11.7. The second-order valence-electron chi connectivity index (χ2n) is 4.63. The van der Waals surface area contributed by atoms with Crippen molar-refractivity contribution >= 4 is 16.7 Å². The number of hydrogen-bond acceptors (Lipinski definition) is 2. The van der Waals surface area contributed by atoms with Crippen LogP contribution in [0.15, 0.2) is 24.3 Å². The largest absolute Gasteiger partial charge is 0.299 e. The van der Waals surface area contributed by atoms with Crippen molar-refractivity contribution in [2.45, 2.75) is 25.2 Å². The molecule has 1 aromatic carbocycles. The average molecular weight is 214 g/mol. The van der Waals surface area contributed by atoms with Gasteiger partial charge in [0.05, 0.1) is 16.6 Å². The molecule has 1 heterocycles. The lowest BCUT2D eigenvalue weighted by Gasteiger charge is -2.07. The number of aryl methyl sites for hydroxylation is 1. The van der Waals surface area contributed by atoms with Crippen LogP contribution in [0.25, 0.3) is 10.9 Å². The smallest absolute Gasteiger partial charge is 0.142 e. The molecule has 0 aliphatic heterocycles. The molecule has 3 nitrogen and oxygen atoms in total. The lowest BCUT2D eigenvalue weighted by atomic mass is 9.95. The van der Waals surface area contributed by atoms with E-state index in [4.69, 9.17) is 0 Å². The molecular formula is C13H14N2O. The fourth-order valence-electron chi connectivity index (χ4n) is 2.45. The van der Waals surface area contributed by atoms with Gasteiger partial charge in [0.25, 0.3) is 0 Å². The Labute approximate surface area is 94.1 Å². The normalized spacial score (nSPS) is 17.6. The summed E-state index contributed by atoms with van der Waals surface area (Å²) in [6.07, 6.45) is 1.90. The Bertz CT molecular complexity index is 579. The minimum absolute atomic E-state index is 0.247. The van der Waals surface area contributed by atoms with Gasteiger partial charge in [-0.05, 0) is 25.8 Å². The number of ketones is 1. The third-order valence-electron chi connectivity index (χ3n) is 3.64. The molecule has 0 amide bonds. The van der Waals surface area contributed by atoms with Gasteiger partial charge in [-0.25, -0.2) is 0 Å². The van der Waals surface area contributed by atoms with Gasteiger partial charge in [0.2, 0.25) is 0 Å². The summed E-state index contributed by atoms with van der Waals surface area (Å²) >= 11 is 0. The monoisotopic (exact) mass is 214 g/mol. The van der Waals surface area contributed by atoms with Gasteiger partial charge >= 0.3 is 0 Å². The summed E-state index contributed by atoms with van der Waals surface area (Å²) < 4.78 is 1.87. The molecule has 0 radical (unpaired) electrons. The Morgan fingerprint density at radius 2 is 2.06 bits per heavy atom. The van der Waals surface area contributed by atoms with Crippen LogP contribution < -0.4 is 0 Å². The van der Waals surface area contributed by atoms with Crippen LogP contribution in [0, 0.1) is 0 Å². The SMILES string of the molecule is CC(=O)C1(c2nn(C)c3ccccc23)CC1. The number of Topliss-reactive ketones (excluding diaryl/α,β-unsaturated/α-hetero) is 1. The second-order valence-corrected chi connectivity index (χ2v) is 4.63. The van der Waals surface area contributed by atoms with Gasteiger partial charge in [-0.2, -0.15) is 5.10 Å². The number of aromatic nitrogens is 2. The zero-order chi connectivity index (χ0) is 11.3. The van der Waals surface area contributed by atoms with Crippen LogP contribution in [0.3, 0.4) is 0 Å². The predicted molar refractivity (Wildman–Crippen MR) is 62.3 cm³/mol. The first-order chi connectivity index (χ1) is 7.65. The van der Waals surface area contributed by atoms with E-state index in [2.05, 4.69) is 11.2 Å². The highest BCUT2D eigenvalue weighted by atomic mass is 16.1. The Balaban J connectivity index is 2.29. The molecule has 0 N–H and O–H groups in total. The number of rotatable bonds is 2. The van der Waals surface area contributed by atoms with E-state index in [-0.39, 0.29) is 11.2 Å². The lowest BCUT2D eigenvalue weighted by Crippen LogP contribution is -2.18. The molecule has 1 saturated carbocycles. The van der Waals surface area contributed by atoms with E-state index in [1.807, 2.05) is 29.9 Å². The molecule has 1 aliphatic carbocycles. The first-order valence-corrected chi connectivity index (χ1v) is 5.58. The number of carbonyl (C=O) groups excluding carboxylic acids is 1. The Morgan fingerprint density at radius 3 is 2.69 bits per heavy atom. The Hall–Kier alpha value is -1.64. The van der Waals surface area contributed by atoms with Gasteiger partial charge in [-0.1, -0.05) is 18.2 Å². The number of benzene rings is 1. The number of carbonyl (C=O) groups is 1. The molecular weight excluding hydrogens is 200 g/mol. The molecule has 1 fully saturated rings. The molecule has 1 aliphatic rings. The van der Waals surface area contributed by atoms with E-state index in [1.165, 1.54) is 0 Å².